The van der Waals surface area contributed by atoms with Gasteiger partial charge < -0.3 is 15.4 Å². The number of nitrogens with zero attached hydrogens (tertiary/aromatic N) is 1. The Kier molecular flexibility index (Phi) is 7.92. The van der Waals surface area contributed by atoms with E-state index in [1.165, 1.54) is 0 Å². The van der Waals surface area contributed by atoms with E-state index in [2.05, 4.69) is 4.90 Å². The average Bonchev–Trinajstić information content (AvgIpc) is 2.30. The van der Waals surface area contributed by atoms with Gasteiger partial charge in [-0.1, -0.05) is 17.7 Å². The fourth-order valence-corrected chi connectivity index (χ4v) is 2.06. The first-order valence-corrected chi connectivity index (χ1v) is 5.50. The van der Waals surface area contributed by atoms with Crippen LogP contribution in [-0.4, -0.2) is 26.3 Å². The molecule has 0 spiro atoms. The molecule has 0 amide bonds. The van der Waals surface area contributed by atoms with Crippen LogP contribution in [0.5, 0.6) is 0 Å². The zero-order valence-corrected chi connectivity index (χ0v) is 11.8. The number of hydrogen-bond donors (Lipinski definition) is 1. The van der Waals surface area contributed by atoms with Gasteiger partial charge in [-0.15, -0.1) is 24.8 Å². The maximum Gasteiger partial charge on any atom is 0.0642 e. The highest BCUT2D eigenvalue weighted by Crippen LogP contribution is 2.27. The van der Waals surface area contributed by atoms with Gasteiger partial charge in [0, 0.05) is 19.6 Å². The van der Waals surface area contributed by atoms with Gasteiger partial charge in [0.15, 0.2) is 0 Å². The van der Waals surface area contributed by atoms with E-state index in [0.29, 0.717) is 6.54 Å². The quantitative estimate of drug-likeness (QED) is 0.912. The van der Waals surface area contributed by atoms with Crippen LogP contribution in [0.2, 0.25) is 5.02 Å². The second kappa shape index (κ2) is 8.01. The number of anilines is 1. The van der Waals surface area contributed by atoms with Crippen molar-refractivity contribution in [3.8, 4) is 0 Å². The molecule has 98 valence electrons. The van der Waals surface area contributed by atoms with Crippen LogP contribution in [0.15, 0.2) is 18.2 Å². The van der Waals surface area contributed by atoms with Gasteiger partial charge in [-0.05, 0) is 17.7 Å². The smallest absolute Gasteiger partial charge is 0.0642 e. The molecule has 0 bridgehead atoms. The van der Waals surface area contributed by atoms with E-state index in [1.54, 1.807) is 0 Å². The van der Waals surface area contributed by atoms with Crippen molar-refractivity contribution in [3.63, 3.8) is 0 Å². The second-order valence-corrected chi connectivity index (χ2v) is 4.00. The van der Waals surface area contributed by atoms with Crippen molar-refractivity contribution in [2.75, 3.05) is 31.2 Å². The molecular weight excluding hydrogens is 282 g/mol. The van der Waals surface area contributed by atoms with Crippen molar-refractivity contribution >= 4 is 42.1 Å². The summed E-state index contributed by atoms with van der Waals surface area (Å²) in [7, 11) is 0. The lowest BCUT2D eigenvalue weighted by atomic mass is 10.2. The summed E-state index contributed by atoms with van der Waals surface area (Å²) in [4.78, 5) is 2.24. The molecule has 1 heterocycles. The van der Waals surface area contributed by atoms with Crippen molar-refractivity contribution in [2.45, 2.75) is 6.54 Å². The first-order chi connectivity index (χ1) is 7.31. The first-order valence-electron chi connectivity index (χ1n) is 5.12. The lowest BCUT2D eigenvalue weighted by molar-refractivity contribution is 0.122. The molecule has 1 aliphatic heterocycles. The van der Waals surface area contributed by atoms with Crippen LogP contribution < -0.4 is 10.6 Å². The summed E-state index contributed by atoms with van der Waals surface area (Å²) in [5.74, 6) is 0. The van der Waals surface area contributed by atoms with Crippen LogP contribution in [-0.2, 0) is 11.3 Å². The predicted molar refractivity (Wildman–Crippen MR) is 76.9 cm³/mol. The lowest BCUT2D eigenvalue weighted by Gasteiger charge is -2.29. The van der Waals surface area contributed by atoms with Crippen LogP contribution in [0.3, 0.4) is 0 Å². The molecule has 0 aliphatic carbocycles. The highest BCUT2D eigenvalue weighted by molar-refractivity contribution is 6.33. The van der Waals surface area contributed by atoms with Gasteiger partial charge in [0.05, 0.1) is 23.9 Å². The second-order valence-electron chi connectivity index (χ2n) is 3.59. The zero-order valence-electron chi connectivity index (χ0n) is 9.39. The fraction of sp³-hybridized carbons (Fsp3) is 0.455. The Labute approximate surface area is 119 Å². The Morgan fingerprint density at radius 1 is 1.24 bits per heavy atom. The van der Waals surface area contributed by atoms with Gasteiger partial charge in [-0.25, -0.2) is 0 Å². The molecule has 1 aromatic carbocycles. The normalized spacial score (nSPS) is 14.8. The molecule has 1 saturated heterocycles. The molecular formula is C11H17Cl3N2O. The van der Waals surface area contributed by atoms with Crippen molar-refractivity contribution in [2.24, 2.45) is 5.73 Å². The Balaban J connectivity index is 0.00000128. The Morgan fingerprint density at radius 3 is 2.41 bits per heavy atom. The minimum absolute atomic E-state index is 0. The highest BCUT2D eigenvalue weighted by Gasteiger charge is 2.13. The SMILES string of the molecule is Cl.Cl.NCc1ccc(N2CCOCC2)c(Cl)c1. The summed E-state index contributed by atoms with van der Waals surface area (Å²) >= 11 is 6.20. The monoisotopic (exact) mass is 298 g/mol. The summed E-state index contributed by atoms with van der Waals surface area (Å²) in [6.45, 7) is 3.89. The molecule has 2 N–H and O–H groups in total. The number of nitrogens with two attached hydrogens (primary N) is 1. The highest BCUT2D eigenvalue weighted by atomic mass is 35.5. The van der Waals surface area contributed by atoms with Gasteiger partial charge in [-0.3, -0.25) is 0 Å². The standard InChI is InChI=1S/C11H15ClN2O.2ClH/c12-10-7-9(8-13)1-2-11(10)14-3-5-15-6-4-14;;/h1-2,7H,3-6,8,13H2;2*1H. The Hall–Kier alpha value is -0.190. The number of morpholine rings is 1. The molecule has 1 aliphatic rings. The Bertz CT molecular complexity index is 343. The fourth-order valence-electron chi connectivity index (χ4n) is 1.74. The van der Waals surface area contributed by atoms with E-state index in [9.17, 15) is 0 Å². The van der Waals surface area contributed by atoms with E-state index in [1.807, 2.05) is 18.2 Å². The number of rotatable bonds is 2. The number of hydrogen-bond acceptors (Lipinski definition) is 3. The summed E-state index contributed by atoms with van der Waals surface area (Å²) in [5, 5.41) is 0.778. The van der Waals surface area contributed by atoms with Gasteiger partial charge >= 0.3 is 0 Å². The number of ether oxygens (including phenoxy) is 1. The van der Waals surface area contributed by atoms with Crippen LogP contribution >= 0.6 is 36.4 Å². The topological polar surface area (TPSA) is 38.5 Å². The largest absolute Gasteiger partial charge is 0.378 e. The third kappa shape index (κ3) is 4.19. The third-order valence-electron chi connectivity index (χ3n) is 2.60. The summed E-state index contributed by atoms with van der Waals surface area (Å²) < 4.78 is 5.30. The van der Waals surface area contributed by atoms with E-state index < -0.39 is 0 Å². The summed E-state index contributed by atoms with van der Waals surface area (Å²) in [6.07, 6.45) is 0. The molecule has 3 nitrogen and oxygen atoms in total. The minimum Gasteiger partial charge on any atom is -0.378 e. The van der Waals surface area contributed by atoms with Gasteiger partial charge in [-0.2, -0.15) is 0 Å². The third-order valence-corrected chi connectivity index (χ3v) is 2.90. The molecule has 0 aromatic heterocycles. The van der Waals surface area contributed by atoms with E-state index in [0.717, 1.165) is 42.6 Å². The molecule has 17 heavy (non-hydrogen) atoms. The van der Waals surface area contributed by atoms with Gasteiger partial charge in [0.2, 0.25) is 0 Å². The van der Waals surface area contributed by atoms with E-state index >= 15 is 0 Å². The Morgan fingerprint density at radius 2 is 1.88 bits per heavy atom. The van der Waals surface area contributed by atoms with Crippen molar-refractivity contribution < 1.29 is 4.74 Å². The van der Waals surface area contributed by atoms with Crippen LogP contribution in [0.1, 0.15) is 5.56 Å². The van der Waals surface area contributed by atoms with E-state index in [4.69, 9.17) is 22.1 Å². The van der Waals surface area contributed by atoms with Gasteiger partial charge in [0.25, 0.3) is 0 Å². The molecule has 0 atom stereocenters. The molecule has 0 unspecified atom stereocenters. The van der Waals surface area contributed by atoms with Crippen LogP contribution in [0, 0.1) is 0 Å². The molecule has 2 rings (SSSR count). The summed E-state index contributed by atoms with van der Waals surface area (Å²) in [6, 6.07) is 6.00. The van der Waals surface area contributed by atoms with Gasteiger partial charge in [0.1, 0.15) is 0 Å². The van der Waals surface area contributed by atoms with Crippen molar-refractivity contribution in [1.29, 1.82) is 0 Å². The van der Waals surface area contributed by atoms with Crippen LogP contribution in [0.25, 0.3) is 0 Å². The summed E-state index contributed by atoms with van der Waals surface area (Å²) in [5.41, 5.74) is 7.70. The van der Waals surface area contributed by atoms with Crippen LogP contribution in [0.4, 0.5) is 5.69 Å². The minimum atomic E-state index is 0. The molecule has 0 saturated carbocycles. The van der Waals surface area contributed by atoms with Crippen molar-refractivity contribution in [3.05, 3.63) is 28.8 Å². The molecule has 6 heteroatoms. The van der Waals surface area contributed by atoms with E-state index in [-0.39, 0.29) is 24.8 Å². The first kappa shape index (κ1) is 16.8. The number of halogens is 3. The maximum absolute atomic E-state index is 6.20. The maximum atomic E-state index is 6.20. The predicted octanol–water partition coefficient (Wildman–Crippen LogP) is 2.48. The van der Waals surface area contributed by atoms with Crippen molar-refractivity contribution in [1.82, 2.24) is 0 Å². The molecule has 1 fully saturated rings. The average molecular weight is 300 g/mol. The molecule has 0 radical (unpaired) electrons. The lowest BCUT2D eigenvalue weighted by Crippen LogP contribution is -2.36. The number of benzene rings is 1. The zero-order chi connectivity index (χ0) is 10.7. The molecule has 1 aromatic rings.